The van der Waals surface area contributed by atoms with E-state index in [1.54, 1.807) is 11.3 Å². The number of hydrogen-bond acceptors (Lipinski definition) is 5. The lowest BCUT2D eigenvalue weighted by Gasteiger charge is -2.08. The van der Waals surface area contributed by atoms with Crippen molar-refractivity contribution in [3.05, 3.63) is 152 Å². The van der Waals surface area contributed by atoms with Crippen LogP contribution in [-0.2, 0) is 0 Å². The van der Waals surface area contributed by atoms with Crippen molar-refractivity contribution >= 4 is 64.2 Å². The van der Waals surface area contributed by atoms with Crippen molar-refractivity contribution in [3.63, 3.8) is 0 Å². The van der Waals surface area contributed by atoms with Gasteiger partial charge in [-0.1, -0.05) is 115 Å². The number of aromatic nitrogens is 3. The van der Waals surface area contributed by atoms with E-state index in [9.17, 15) is 0 Å². The molecule has 0 bridgehead atoms. The predicted molar refractivity (Wildman–Crippen MR) is 199 cm³/mol. The standard InChI is InChI=1S/C43H25N3OS/c1-2-10-27(11-3-1)41-44-42(46-43(45-41)30-18-21-35-34-14-6-7-16-39(34)48-40(35)25-30)29-17-20-33-36-23-28(19-22-37(36)47-38(33)24-29)32-15-8-12-26-9-4-5-13-31(26)32/h1-25H. The van der Waals surface area contributed by atoms with E-state index in [0.29, 0.717) is 17.5 Å². The molecule has 10 rings (SSSR count). The zero-order valence-corrected chi connectivity index (χ0v) is 26.4. The molecule has 0 atom stereocenters. The zero-order valence-electron chi connectivity index (χ0n) is 25.6. The summed E-state index contributed by atoms with van der Waals surface area (Å²) in [4.78, 5) is 15.0. The molecule has 4 nitrogen and oxygen atoms in total. The molecule has 0 fully saturated rings. The smallest absolute Gasteiger partial charge is 0.164 e. The number of furan rings is 1. The number of benzene rings is 7. The topological polar surface area (TPSA) is 51.8 Å². The molecule has 0 aliphatic heterocycles. The summed E-state index contributed by atoms with van der Waals surface area (Å²) in [5.41, 5.74) is 6.80. The Morgan fingerprint density at radius 1 is 0.375 bits per heavy atom. The molecule has 7 aromatic carbocycles. The van der Waals surface area contributed by atoms with Gasteiger partial charge in [-0.05, 0) is 58.3 Å². The first-order valence-electron chi connectivity index (χ1n) is 15.9. The van der Waals surface area contributed by atoms with Gasteiger partial charge in [0.25, 0.3) is 0 Å². The Hall–Kier alpha value is -6.17. The normalized spacial score (nSPS) is 11.8. The quantitative estimate of drug-likeness (QED) is 0.194. The van der Waals surface area contributed by atoms with Crippen LogP contribution < -0.4 is 0 Å². The molecule has 0 aliphatic rings. The number of nitrogens with zero attached hydrogens (tertiary/aromatic N) is 3. The van der Waals surface area contributed by atoms with Gasteiger partial charge in [0.1, 0.15) is 11.2 Å². The molecule has 0 amide bonds. The van der Waals surface area contributed by atoms with Gasteiger partial charge in [-0.2, -0.15) is 0 Å². The lowest BCUT2D eigenvalue weighted by molar-refractivity contribution is 0.669. The van der Waals surface area contributed by atoms with E-state index in [4.69, 9.17) is 19.4 Å². The lowest BCUT2D eigenvalue weighted by Crippen LogP contribution is -2.00. The van der Waals surface area contributed by atoms with Gasteiger partial charge >= 0.3 is 0 Å². The summed E-state index contributed by atoms with van der Waals surface area (Å²) in [6, 6.07) is 52.8. The Kier molecular flexibility index (Phi) is 6.01. The second kappa shape index (κ2) is 10.7. The molecule has 10 aromatic rings. The number of rotatable bonds is 4. The van der Waals surface area contributed by atoms with Crippen LogP contribution in [0.15, 0.2) is 156 Å². The molecule has 3 heterocycles. The summed E-state index contributed by atoms with van der Waals surface area (Å²) in [7, 11) is 0. The molecule has 0 saturated heterocycles. The average Bonchev–Trinajstić information content (AvgIpc) is 3.72. The van der Waals surface area contributed by atoms with Crippen molar-refractivity contribution in [3.8, 4) is 45.3 Å². The summed E-state index contributed by atoms with van der Waals surface area (Å²) in [6.07, 6.45) is 0. The van der Waals surface area contributed by atoms with Gasteiger partial charge in [-0.15, -0.1) is 11.3 Å². The SMILES string of the molecule is c1ccc(-c2nc(-c3ccc4c(c3)oc3ccc(-c5cccc6ccccc56)cc34)nc(-c3ccc4c(c3)sc3ccccc34)n2)cc1. The number of thiophene rings is 1. The van der Waals surface area contributed by atoms with Crippen LogP contribution in [0, 0.1) is 0 Å². The summed E-state index contributed by atoms with van der Waals surface area (Å²) < 4.78 is 8.91. The first-order chi connectivity index (χ1) is 23.7. The van der Waals surface area contributed by atoms with E-state index in [-0.39, 0.29) is 0 Å². The summed E-state index contributed by atoms with van der Waals surface area (Å²) in [6.45, 7) is 0. The van der Waals surface area contributed by atoms with Gasteiger partial charge in [-0.3, -0.25) is 0 Å². The Balaban J connectivity index is 1.11. The van der Waals surface area contributed by atoms with Crippen LogP contribution in [0.2, 0.25) is 0 Å². The average molecular weight is 632 g/mol. The minimum Gasteiger partial charge on any atom is -0.456 e. The molecule has 0 N–H and O–H groups in total. The van der Waals surface area contributed by atoms with E-state index in [1.807, 2.05) is 30.3 Å². The van der Waals surface area contributed by atoms with Gasteiger partial charge < -0.3 is 4.42 Å². The first kappa shape index (κ1) is 27.0. The van der Waals surface area contributed by atoms with Crippen molar-refractivity contribution < 1.29 is 4.42 Å². The molecule has 48 heavy (non-hydrogen) atoms. The minimum atomic E-state index is 0.606. The summed E-state index contributed by atoms with van der Waals surface area (Å²) in [5, 5.41) is 7.13. The predicted octanol–water partition coefficient (Wildman–Crippen LogP) is 12.0. The van der Waals surface area contributed by atoms with Crippen LogP contribution >= 0.6 is 11.3 Å². The van der Waals surface area contributed by atoms with Crippen molar-refractivity contribution in [2.45, 2.75) is 0 Å². The van der Waals surface area contributed by atoms with E-state index in [2.05, 4.69) is 121 Å². The highest BCUT2D eigenvalue weighted by atomic mass is 32.1. The molecule has 0 radical (unpaired) electrons. The van der Waals surface area contributed by atoms with E-state index < -0.39 is 0 Å². The van der Waals surface area contributed by atoms with Gasteiger partial charge in [0.15, 0.2) is 17.5 Å². The van der Waals surface area contributed by atoms with E-state index in [1.165, 1.54) is 36.5 Å². The third-order valence-electron chi connectivity index (χ3n) is 9.13. The maximum atomic E-state index is 6.43. The maximum absolute atomic E-state index is 6.43. The first-order valence-corrected chi connectivity index (χ1v) is 16.7. The summed E-state index contributed by atoms with van der Waals surface area (Å²) >= 11 is 1.79. The molecule has 0 saturated carbocycles. The number of hydrogen-bond donors (Lipinski definition) is 0. The Labute approximate surface area is 279 Å². The second-order valence-corrected chi connectivity index (χ2v) is 13.1. The third-order valence-corrected chi connectivity index (χ3v) is 10.3. The highest BCUT2D eigenvalue weighted by molar-refractivity contribution is 7.25. The zero-order chi connectivity index (χ0) is 31.6. The molecule has 0 unspecified atom stereocenters. The second-order valence-electron chi connectivity index (χ2n) is 12.0. The Morgan fingerprint density at radius 3 is 1.88 bits per heavy atom. The van der Waals surface area contributed by atoms with Crippen LogP contribution in [0.4, 0.5) is 0 Å². The van der Waals surface area contributed by atoms with Gasteiger partial charge in [0.05, 0.1) is 0 Å². The van der Waals surface area contributed by atoms with Gasteiger partial charge in [-0.25, -0.2) is 15.0 Å². The maximum Gasteiger partial charge on any atom is 0.164 e. The monoisotopic (exact) mass is 631 g/mol. The van der Waals surface area contributed by atoms with Crippen molar-refractivity contribution in [2.24, 2.45) is 0 Å². The van der Waals surface area contributed by atoms with Crippen LogP contribution in [0.5, 0.6) is 0 Å². The Bertz CT molecular complexity index is 2850. The van der Waals surface area contributed by atoms with Gasteiger partial charge in [0, 0.05) is 47.6 Å². The Morgan fingerprint density at radius 2 is 1.02 bits per heavy atom. The van der Waals surface area contributed by atoms with Crippen molar-refractivity contribution in [1.29, 1.82) is 0 Å². The molecule has 0 spiro atoms. The molecule has 5 heteroatoms. The van der Waals surface area contributed by atoms with E-state index >= 15 is 0 Å². The highest BCUT2D eigenvalue weighted by Crippen LogP contribution is 2.38. The van der Waals surface area contributed by atoms with Crippen LogP contribution in [0.3, 0.4) is 0 Å². The molecule has 3 aromatic heterocycles. The highest BCUT2D eigenvalue weighted by Gasteiger charge is 2.16. The largest absolute Gasteiger partial charge is 0.456 e. The van der Waals surface area contributed by atoms with Crippen LogP contribution in [-0.4, -0.2) is 15.0 Å². The molecule has 224 valence electrons. The third kappa shape index (κ3) is 4.40. The summed E-state index contributed by atoms with van der Waals surface area (Å²) in [5.74, 6) is 1.88. The van der Waals surface area contributed by atoms with Gasteiger partial charge in [0.2, 0.25) is 0 Å². The minimum absolute atomic E-state index is 0.606. The van der Waals surface area contributed by atoms with E-state index in [0.717, 1.165) is 44.2 Å². The fourth-order valence-corrected chi connectivity index (χ4v) is 7.92. The van der Waals surface area contributed by atoms with Crippen LogP contribution in [0.1, 0.15) is 0 Å². The molecular weight excluding hydrogens is 607 g/mol. The van der Waals surface area contributed by atoms with Crippen LogP contribution in [0.25, 0.3) is 98.2 Å². The fourth-order valence-electron chi connectivity index (χ4n) is 6.78. The fraction of sp³-hybridized carbons (Fsp3) is 0. The molecule has 0 aliphatic carbocycles. The lowest BCUT2D eigenvalue weighted by atomic mass is 9.97. The molecular formula is C43H25N3OS. The van der Waals surface area contributed by atoms with Crippen molar-refractivity contribution in [1.82, 2.24) is 15.0 Å². The van der Waals surface area contributed by atoms with Crippen molar-refractivity contribution in [2.75, 3.05) is 0 Å². The number of fused-ring (bicyclic) bond motifs is 7.